The Morgan fingerprint density at radius 3 is 2.81 bits per heavy atom. The van der Waals surface area contributed by atoms with Gasteiger partial charge in [0.2, 0.25) is 5.95 Å². The monoisotopic (exact) mass is 326 g/mol. The van der Waals surface area contributed by atoms with Gasteiger partial charge in [0.15, 0.2) is 0 Å². The third-order valence-electron chi connectivity index (χ3n) is 2.66. The Labute approximate surface area is 133 Å². The Bertz CT molecular complexity index is 595. The minimum Gasteiger partial charge on any atom is -0.385 e. The quantitative estimate of drug-likeness (QED) is 0.754. The highest BCUT2D eigenvalue weighted by molar-refractivity contribution is 6.42. The largest absolute Gasteiger partial charge is 0.385 e. The summed E-state index contributed by atoms with van der Waals surface area (Å²) in [5, 5.41) is 7.28. The maximum atomic E-state index is 5.97. The predicted molar refractivity (Wildman–Crippen MR) is 86.8 cm³/mol. The highest BCUT2D eigenvalue weighted by Crippen LogP contribution is 2.26. The van der Waals surface area contributed by atoms with E-state index in [0.717, 1.165) is 24.5 Å². The van der Waals surface area contributed by atoms with Crippen molar-refractivity contribution in [3.8, 4) is 0 Å². The zero-order chi connectivity index (χ0) is 15.1. The minimum atomic E-state index is 0.482. The molecule has 0 spiro atoms. The molecule has 1 aromatic carbocycles. The van der Waals surface area contributed by atoms with Gasteiger partial charge in [0.1, 0.15) is 5.82 Å². The molecular weight excluding hydrogens is 311 g/mol. The first-order valence-electron chi connectivity index (χ1n) is 6.47. The Morgan fingerprint density at radius 1 is 1.19 bits per heavy atom. The molecule has 0 saturated carbocycles. The molecule has 0 radical (unpaired) electrons. The molecule has 0 aliphatic rings. The topological polar surface area (TPSA) is 59.1 Å². The molecule has 0 aliphatic heterocycles. The fraction of sp³-hybridized carbons (Fsp3) is 0.286. The summed E-state index contributed by atoms with van der Waals surface area (Å²) in [7, 11) is 1.68. The first-order chi connectivity index (χ1) is 10.2. The van der Waals surface area contributed by atoms with Crippen molar-refractivity contribution >= 4 is 40.7 Å². The lowest BCUT2D eigenvalue weighted by molar-refractivity contribution is 0.198. The van der Waals surface area contributed by atoms with Crippen molar-refractivity contribution in [2.24, 2.45) is 0 Å². The van der Waals surface area contributed by atoms with E-state index in [0.29, 0.717) is 22.6 Å². The van der Waals surface area contributed by atoms with Gasteiger partial charge in [-0.25, -0.2) is 4.98 Å². The number of rotatable bonds is 7. The fourth-order valence-electron chi connectivity index (χ4n) is 1.65. The lowest BCUT2D eigenvalue weighted by atomic mass is 10.3. The highest BCUT2D eigenvalue weighted by atomic mass is 35.5. The summed E-state index contributed by atoms with van der Waals surface area (Å²) in [6.45, 7) is 1.50. The minimum absolute atomic E-state index is 0.482. The number of nitrogens with one attached hydrogen (secondary N) is 2. The molecule has 112 valence electrons. The van der Waals surface area contributed by atoms with Gasteiger partial charge in [-0.1, -0.05) is 23.2 Å². The third-order valence-corrected chi connectivity index (χ3v) is 3.40. The summed E-state index contributed by atoms with van der Waals surface area (Å²) < 4.78 is 4.99. The lowest BCUT2D eigenvalue weighted by Gasteiger charge is -2.08. The van der Waals surface area contributed by atoms with E-state index in [2.05, 4.69) is 20.6 Å². The number of benzene rings is 1. The van der Waals surface area contributed by atoms with Gasteiger partial charge in [-0.05, 0) is 30.7 Å². The van der Waals surface area contributed by atoms with E-state index >= 15 is 0 Å². The molecule has 0 fully saturated rings. The maximum absolute atomic E-state index is 5.97. The molecule has 7 heteroatoms. The van der Waals surface area contributed by atoms with Gasteiger partial charge in [0, 0.05) is 32.1 Å². The fourth-order valence-corrected chi connectivity index (χ4v) is 1.95. The van der Waals surface area contributed by atoms with Crippen molar-refractivity contribution in [3.63, 3.8) is 0 Å². The summed E-state index contributed by atoms with van der Waals surface area (Å²) in [4.78, 5) is 8.54. The van der Waals surface area contributed by atoms with E-state index in [1.54, 1.807) is 25.4 Å². The van der Waals surface area contributed by atoms with Crippen molar-refractivity contribution in [3.05, 3.63) is 40.5 Å². The Hall–Kier alpha value is -1.56. The Kier molecular flexibility index (Phi) is 6.04. The van der Waals surface area contributed by atoms with Crippen LogP contribution in [-0.4, -0.2) is 30.2 Å². The van der Waals surface area contributed by atoms with Crippen LogP contribution in [0.3, 0.4) is 0 Å². The molecule has 1 heterocycles. The zero-order valence-electron chi connectivity index (χ0n) is 11.6. The van der Waals surface area contributed by atoms with Crippen LogP contribution in [-0.2, 0) is 4.74 Å². The lowest BCUT2D eigenvalue weighted by Crippen LogP contribution is -2.07. The van der Waals surface area contributed by atoms with Crippen LogP contribution in [0.4, 0.5) is 17.5 Å². The second-order valence-corrected chi connectivity index (χ2v) is 5.11. The van der Waals surface area contributed by atoms with Crippen LogP contribution in [0, 0.1) is 0 Å². The van der Waals surface area contributed by atoms with E-state index in [-0.39, 0.29) is 0 Å². The molecule has 21 heavy (non-hydrogen) atoms. The van der Waals surface area contributed by atoms with Gasteiger partial charge < -0.3 is 15.4 Å². The molecule has 2 N–H and O–H groups in total. The molecule has 2 rings (SSSR count). The molecule has 0 unspecified atom stereocenters. The molecule has 0 bridgehead atoms. The first-order valence-corrected chi connectivity index (χ1v) is 7.22. The molecular formula is C14H16Cl2N4O. The second-order valence-electron chi connectivity index (χ2n) is 4.29. The first kappa shape index (κ1) is 15.8. The average Bonchev–Trinajstić information content (AvgIpc) is 2.48. The van der Waals surface area contributed by atoms with Gasteiger partial charge in [-0.2, -0.15) is 4.98 Å². The second kappa shape index (κ2) is 8.02. The van der Waals surface area contributed by atoms with Gasteiger partial charge in [-0.15, -0.1) is 0 Å². The number of anilines is 3. The number of aromatic nitrogens is 2. The van der Waals surface area contributed by atoms with Gasteiger partial charge in [-0.3, -0.25) is 0 Å². The SMILES string of the molecule is COCCCNc1ccnc(Nc2ccc(Cl)c(Cl)c2)n1. The van der Waals surface area contributed by atoms with Gasteiger partial charge in [0.05, 0.1) is 10.0 Å². The van der Waals surface area contributed by atoms with E-state index in [1.807, 2.05) is 12.1 Å². The Morgan fingerprint density at radius 2 is 2.05 bits per heavy atom. The number of nitrogens with zero attached hydrogens (tertiary/aromatic N) is 2. The van der Waals surface area contributed by atoms with Crippen molar-refractivity contribution in [1.29, 1.82) is 0 Å². The normalized spacial score (nSPS) is 10.4. The van der Waals surface area contributed by atoms with Crippen LogP contribution < -0.4 is 10.6 Å². The number of hydrogen-bond donors (Lipinski definition) is 2. The van der Waals surface area contributed by atoms with Crippen molar-refractivity contribution < 1.29 is 4.74 Å². The van der Waals surface area contributed by atoms with Gasteiger partial charge >= 0.3 is 0 Å². The van der Waals surface area contributed by atoms with Crippen LogP contribution >= 0.6 is 23.2 Å². The third kappa shape index (κ3) is 5.04. The standard InChI is InChI=1S/C14H16Cl2N4O/c1-21-8-2-6-17-13-5-7-18-14(20-13)19-10-3-4-11(15)12(16)9-10/h3-5,7,9H,2,6,8H2,1H3,(H2,17,18,19,20). The van der Waals surface area contributed by atoms with Crippen LogP contribution in [0.5, 0.6) is 0 Å². The van der Waals surface area contributed by atoms with Crippen molar-refractivity contribution in [2.75, 3.05) is 30.9 Å². The molecule has 0 amide bonds. The molecule has 0 aliphatic carbocycles. The highest BCUT2D eigenvalue weighted by Gasteiger charge is 2.03. The van der Waals surface area contributed by atoms with E-state index < -0.39 is 0 Å². The van der Waals surface area contributed by atoms with Gasteiger partial charge in [0.25, 0.3) is 0 Å². The molecule has 0 atom stereocenters. The van der Waals surface area contributed by atoms with Crippen LogP contribution in [0.2, 0.25) is 10.0 Å². The number of halogens is 2. The summed E-state index contributed by atoms with van der Waals surface area (Å²) in [6.07, 6.45) is 2.60. The van der Waals surface area contributed by atoms with Crippen LogP contribution in [0.15, 0.2) is 30.5 Å². The summed E-state index contributed by atoms with van der Waals surface area (Å²) in [5.41, 5.74) is 0.779. The molecule has 2 aromatic rings. The van der Waals surface area contributed by atoms with Crippen molar-refractivity contribution in [1.82, 2.24) is 9.97 Å². The van der Waals surface area contributed by atoms with E-state index in [1.165, 1.54) is 0 Å². The van der Waals surface area contributed by atoms with E-state index in [9.17, 15) is 0 Å². The summed E-state index contributed by atoms with van der Waals surface area (Å²) in [6, 6.07) is 7.08. The molecule has 1 aromatic heterocycles. The summed E-state index contributed by atoms with van der Waals surface area (Å²) >= 11 is 11.9. The summed E-state index contributed by atoms with van der Waals surface area (Å²) in [5.74, 6) is 1.24. The van der Waals surface area contributed by atoms with Crippen LogP contribution in [0.1, 0.15) is 6.42 Å². The van der Waals surface area contributed by atoms with E-state index in [4.69, 9.17) is 27.9 Å². The predicted octanol–water partition coefficient (Wildman–Crippen LogP) is 3.98. The number of hydrogen-bond acceptors (Lipinski definition) is 5. The number of ether oxygens (including phenoxy) is 1. The number of methoxy groups -OCH3 is 1. The smallest absolute Gasteiger partial charge is 0.229 e. The average molecular weight is 327 g/mol. The van der Waals surface area contributed by atoms with Crippen molar-refractivity contribution in [2.45, 2.75) is 6.42 Å². The molecule has 0 saturated heterocycles. The Balaban J connectivity index is 1.98. The maximum Gasteiger partial charge on any atom is 0.229 e. The zero-order valence-corrected chi connectivity index (χ0v) is 13.1. The molecule has 5 nitrogen and oxygen atoms in total. The van der Waals surface area contributed by atoms with Crippen LogP contribution in [0.25, 0.3) is 0 Å².